The molecule has 0 bridgehead atoms. The number of nitrogens with one attached hydrogen (secondary N) is 1. The van der Waals surface area contributed by atoms with Gasteiger partial charge in [-0.1, -0.05) is 0 Å². The summed E-state index contributed by atoms with van der Waals surface area (Å²) in [7, 11) is -0.396. The molecule has 2 rings (SSSR count). The van der Waals surface area contributed by atoms with Gasteiger partial charge in [-0.2, -0.15) is 0 Å². The van der Waals surface area contributed by atoms with Gasteiger partial charge in [0.25, 0.3) is 0 Å². The number of methoxy groups -OCH3 is 1. The van der Waals surface area contributed by atoms with Crippen molar-refractivity contribution in [1.29, 1.82) is 0 Å². The highest BCUT2D eigenvalue weighted by atomic mass is 32.2. The largest absolute Gasteiger partial charge is 0.383 e. The van der Waals surface area contributed by atoms with Crippen molar-refractivity contribution in [3.63, 3.8) is 0 Å². The number of hydrogen-bond donors (Lipinski definition) is 1. The Labute approximate surface area is 125 Å². The minimum atomic E-state index is -3.60. The van der Waals surface area contributed by atoms with Gasteiger partial charge in [-0.15, -0.1) is 0 Å². The lowest BCUT2D eigenvalue weighted by atomic mass is 9.86. The minimum absolute atomic E-state index is 0.0422. The fraction of sp³-hybridized carbons (Fsp3) is 0.500. The summed E-state index contributed by atoms with van der Waals surface area (Å²) >= 11 is 0. The number of anilines is 1. The second-order valence-electron chi connectivity index (χ2n) is 5.56. The summed E-state index contributed by atoms with van der Waals surface area (Å²) in [6.07, 6.45) is 0. The van der Waals surface area contributed by atoms with Crippen molar-refractivity contribution in [2.45, 2.75) is 24.2 Å². The molecule has 7 heteroatoms. The van der Waals surface area contributed by atoms with Gasteiger partial charge in [0.1, 0.15) is 0 Å². The zero-order valence-corrected chi connectivity index (χ0v) is 13.5. The molecule has 1 aromatic rings. The lowest BCUT2D eigenvalue weighted by Crippen LogP contribution is -2.33. The summed E-state index contributed by atoms with van der Waals surface area (Å²) in [6.45, 7) is 4.11. The topological polar surface area (TPSA) is 75.7 Å². The average Bonchev–Trinajstić information content (AvgIpc) is 2.60. The number of ether oxygens (including phenoxy) is 1. The summed E-state index contributed by atoms with van der Waals surface area (Å²) in [5.74, 6) is -0.0422. The maximum absolute atomic E-state index is 12.2. The Morgan fingerprint density at radius 2 is 2.00 bits per heavy atom. The molecule has 21 heavy (non-hydrogen) atoms. The molecule has 6 nitrogen and oxygen atoms in total. The van der Waals surface area contributed by atoms with E-state index in [0.29, 0.717) is 6.61 Å². The van der Waals surface area contributed by atoms with E-state index in [9.17, 15) is 13.2 Å². The van der Waals surface area contributed by atoms with Crippen LogP contribution in [0.4, 0.5) is 5.69 Å². The summed E-state index contributed by atoms with van der Waals surface area (Å²) in [5, 5.41) is 0. The highest BCUT2D eigenvalue weighted by Crippen LogP contribution is 2.41. The Morgan fingerprint density at radius 1 is 1.33 bits per heavy atom. The van der Waals surface area contributed by atoms with Crippen LogP contribution < -0.4 is 9.62 Å². The third kappa shape index (κ3) is 2.68. The molecule has 0 aliphatic carbocycles. The van der Waals surface area contributed by atoms with Crippen LogP contribution in [0.1, 0.15) is 19.4 Å². The van der Waals surface area contributed by atoms with E-state index in [2.05, 4.69) is 4.72 Å². The third-order valence-corrected chi connectivity index (χ3v) is 5.21. The second kappa shape index (κ2) is 5.40. The van der Waals surface area contributed by atoms with Crippen LogP contribution in [0, 0.1) is 0 Å². The summed E-state index contributed by atoms with van der Waals surface area (Å²) in [4.78, 5) is 13.9. The monoisotopic (exact) mass is 312 g/mol. The molecule has 0 unspecified atom stereocenters. The van der Waals surface area contributed by atoms with Gasteiger partial charge in [0, 0.05) is 26.4 Å². The van der Waals surface area contributed by atoms with Crippen molar-refractivity contribution in [3.8, 4) is 0 Å². The van der Waals surface area contributed by atoms with Crippen molar-refractivity contribution < 1.29 is 17.9 Å². The number of hydrogen-bond acceptors (Lipinski definition) is 4. The maximum atomic E-state index is 12.2. The van der Waals surface area contributed by atoms with E-state index in [1.165, 1.54) is 13.2 Å². The molecule has 0 spiro atoms. The van der Waals surface area contributed by atoms with Gasteiger partial charge in [0.2, 0.25) is 15.9 Å². The van der Waals surface area contributed by atoms with E-state index < -0.39 is 15.4 Å². The van der Waals surface area contributed by atoms with Crippen molar-refractivity contribution >= 4 is 21.6 Å². The quantitative estimate of drug-likeness (QED) is 0.819. The van der Waals surface area contributed by atoms with Gasteiger partial charge in [0.05, 0.1) is 16.9 Å². The zero-order chi connectivity index (χ0) is 15.8. The summed E-state index contributed by atoms with van der Waals surface area (Å²) in [5.41, 5.74) is 0.757. The van der Waals surface area contributed by atoms with Gasteiger partial charge in [-0.05, 0) is 37.6 Å². The SMILES string of the molecule is COCCNS(=O)(=O)c1ccc2c(c1)C(C)(C)C(=O)N2C. The third-order valence-electron chi connectivity index (χ3n) is 3.75. The molecule has 1 aliphatic rings. The minimum Gasteiger partial charge on any atom is -0.383 e. The van der Waals surface area contributed by atoms with E-state index in [1.54, 1.807) is 37.9 Å². The Bertz CT molecular complexity index is 668. The van der Waals surface area contributed by atoms with Gasteiger partial charge in [-0.25, -0.2) is 13.1 Å². The Morgan fingerprint density at radius 3 is 2.62 bits per heavy atom. The molecular weight excluding hydrogens is 292 g/mol. The molecule has 0 radical (unpaired) electrons. The molecule has 1 aromatic carbocycles. The van der Waals surface area contributed by atoms with E-state index in [-0.39, 0.29) is 17.3 Å². The number of amides is 1. The van der Waals surface area contributed by atoms with Crippen LogP contribution in [0.5, 0.6) is 0 Å². The van der Waals surface area contributed by atoms with Crippen LogP contribution in [0.25, 0.3) is 0 Å². The molecule has 0 atom stereocenters. The van der Waals surface area contributed by atoms with Gasteiger partial charge >= 0.3 is 0 Å². The number of carbonyl (C=O) groups excluding carboxylic acids is 1. The van der Waals surface area contributed by atoms with Crippen molar-refractivity contribution in [2.75, 3.05) is 32.2 Å². The number of nitrogens with zero attached hydrogens (tertiary/aromatic N) is 1. The first-order valence-corrected chi connectivity index (χ1v) is 8.11. The predicted molar refractivity (Wildman–Crippen MR) is 79.9 cm³/mol. The van der Waals surface area contributed by atoms with Crippen molar-refractivity contribution in [1.82, 2.24) is 4.72 Å². The van der Waals surface area contributed by atoms with E-state index in [4.69, 9.17) is 4.74 Å². The predicted octanol–water partition coefficient (Wildman–Crippen LogP) is 0.865. The number of likely N-dealkylation sites (N-methyl/N-ethyl adjacent to an activating group) is 1. The zero-order valence-electron chi connectivity index (χ0n) is 12.6. The van der Waals surface area contributed by atoms with E-state index >= 15 is 0 Å². The Balaban J connectivity index is 2.39. The first-order chi connectivity index (χ1) is 9.71. The summed E-state index contributed by atoms with van der Waals surface area (Å²) in [6, 6.07) is 4.76. The lowest BCUT2D eigenvalue weighted by molar-refractivity contribution is -0.121. The number of rotatable bonds is 5. The molecule has 1 heterocycles. The summed E-state index contributed by atoms with van der Waals surface area (Å²) < 4.78 is 31.7. The second-order valence-corrected chi connectivity index (χ2v) is 7.33. The van der Waals surface area contributed by atoms with Crippen molar-refractivity contribution in [2.24, 2.45) is 0 Å². The van der Waals surface area contributed by atoms with E-state index in [1.807, 2.05) is 0 Å². The van der Waals surface area contributed by atoms with Gasteiger partial charge < -0.3 is 9.64 Å². The molecule has 0 aromatic heterocycles. The van der Waals surface area contributed by atoms with Gasteiger partial charge in [0.15, 0.2) is 0 Å². The number of carbonyl (C=O) groups is 1. The fourth-order valence-corrected chi connectivity index (χ4v) is 3.52. The van der Waals surface area contributed by atoms with E-state index in [0.717, 1.165) is 11.3 Å². The standard InChI is InChI=1S/C14H20N2O4S/c1-14(2)11-9-10(21(18,19)15-7-8-20-4)5-6-12(11)16(3)13(14)17/h5-6,9,15H,7-8H2,1-4H3. The Hall–Kier alpha value is -1.44. The highest BCUT2D eigenvalue weighted by Gasteiger charge is 2.42. The molecule has 116 valence electrons. The van der Waals surface area contributed by atoms with Crippen LogP contribution in [0.15, 0.2) is 23.1 Å². The molecule has 0 fully saturated rings. The number of benzene rings is 1. The number of fused-ring (bicyclic) bond motifs is 1. The maximum Gasteiger partial charge on any atom is 0.240 e. The smallest absolute Gasteiger partial charge is 0.240 e. The average molecular weight is 312 g/mol. The number of sulfonamides is 1. The first kappa shape index (κ1) is 15.9. The molecule has 0 saturated carbocycles. The highest BCUT2D eigenvalue weighted by molar-refractivity contribution is 7.89. The van der Waals surface area contributed by atoms with Crippen LogP contribution in [-0.4, -0.2) is 41.6 Å². The first-order valence-electron chi connectivity index (χ1n) is 6.63. The Kier molecular flexibility index (Phi) is 4.10. The molecular formula is C14H20N2O4S. The van der Waals surface area contributed by atoms with Gasteiger partial charge in [-0.3, -0.25) is 4.79 Å². The molecule has 1 N–H and O–H groups in total. The lowest BCUT2D eigenvalue weighted by Gasteiger charge is -2.16. The van der Waals surface area contributed by atoms with Crippen LogP contribution in [0.3, 0.4) is 0 Å². The molecule has 1 aliphatic heterocycles. The van der Waals surface area contributed by atoms with Crippen molar-refractivity contribution in [3.05, 3.63) is 23.8 Å². The molecule has 0 saturated heterocycles. The van der Waals surface area contributed by atoms with Crippen LogP contribution in [0.2, 0.25) is 0 Å². The molecule has 1 amide bonds. The normalized spacial score (nSPS) is 17.1. The van der Waals surface area contributed by atoms with Crippen LogP contribution in [-0.2, 0) is 25.0 Å². The fourth-order valence-electron chi connectivity index (χ4n) is 2.48. The van der Waals surface area contributed by atoms with Crippen LogP contribution >= 0.6 is 0 Å².